The first-order valence-corrected chi connectivity index (χ1v) is 8.46. The first kappa shape index (κ1) is 17.3. The van der Waals surface area contributed by atoms with Crippen molar-refractivity contribution in [2.45, 2.75) is 32.4 Å². The van der Waals surface area contributed by atoms with Crippen molar-refractivity contribution in [1.82, 2.24) is 25.0 Å². The number of ether oxygens (including phenoxy) is 1. The molecule has 1 amide bonds. The number of hydrogen-bond acceptors (Lipinski definition) is 5. The van der Waals surface area contributed by atoms with E-state index in [4.69, 9.17) is 4.74 Å². The van der Waals surface area contributed by atoms with Crippen LogP contribution in [0.1, 0.15) is 25.3 Å². The maximum absolute atomic E-state index is 14.2. The quantitative estimate of drug-likeness (QED) is 0.897. The molecule has 3 rings (SSSR count). The third kappa shape index (κ3) is 4.33. The van der Waals surface area contributed by atoms with Gasteiger partial charge in [0.1, 0.15) is 24.2 Å². The van der Waals surface area contributed by atoms with Crippen LogP contribution in [-0.4, -0.2) is 51.5 Å². The number of carbonyl (C=O) groups excluding carboxylic acids is 1. The maximum atomic E-state index is 14.2. The molecule has 1 fully saturated rings. The molecule has 1 saturated heterocycles. The summed E-state index contributed by atoms with van der Waals surface area (Å²) in [5.74, 6) is -0.332. The van der Waals surface area contributed by atoms with Gasteiger partial charge in [0.05, 0.1) is 6.61 Å². The molecule has 0 spiro atoms. The Kier molecular flexibility index (Phi) is 5.60. The van der Waals surface area contributed by atoms with Crippen molar-refractivity contribution in [2.24, 2.45) is 0 Å². The Bertz CT molecular complexity index is 699. The lowest BCUT2D eigenvalue weighted by Crippen LogP contribution is -2.44. The van der Waals surface area contributed by atoms with Crippen LogP contribution in [0.4, 0.5) is 9.18 Å². The number of nitrogens with one attached hydrogen (secondary N) is 1. The van der Waals surface area contributed by atoms with Crippen LogP contribution >= 0.6 is 0 Å². The minimum absolute atomic E-state index is 0.244. The lowest BCUT2D eigenvalue weighted by molar-refractivity contribution is 0.0950. The van der Waals surface area contributed by atoms with Crippen LogP contribution in [0.25, 0.3) is 5.69 Å². The van der Waals surface area contributed by atoms with Crippen molar-refractivity contribution in [2.75, 3.05) is 19.7 Å². The summed E-state index contributed by atoms with van der Waals surface area (Å²) in [5, 5.41) is 7.37. The highest BCUT2D eigenvalue weighted by molar-refractivity contribution is 5.67. The minimum atomic E-state index is -0.332. The highest BCUT2D eigenvalue weighted by atomic mass is 19.1. The molecule has 0 unspecified atom stereocenters. The molecule has 1 N–H and O–H groups in total. The van der Waals surface area contributed by atoms with E-state index >= 15 is 0 Å². The van der Waals surface area contributed by atoms with Crippen molar-refractivity contribution >= 4 is 6.09 Å². The number of carbonyl (C=O) groups is 1. The van der Waals surface area contributed by atoms with Crippen LogP contribution in [0.3, 0.4) is 0 Å². The average molecular weight is 347 g/mol. The van der Waals surface area contributed by atoms with E-state index in [1.807, 2.05) is 6.07 Å². The highest BCUT2D eigenvalue weighted by Crippen LogP contribution is 2.16. The summed E-state index contributed by atoms with van der Waals surface area (Å²) in [6, 6.07) is 5.40. The topological polar surface area (TPSA) is 72.3 Å². The van der Waals surface area contributed by atoms with Gasteiger partial charge in [0, 0.05) is 25.7 Å². The number of halogens is 1. The molecule has 0 bridgehead atoms. The molecule has 1 aromatic carbocycles. The highest BCUT2D eigenvalue weighted by Gasteiger charge is 2.23. The van der Waals surface area contributed by atoms with Crippen LogP contribution < -0.4 is 5.32 Å². The van der Waals surface area contributed by atoms with E-state index < -0.39 is 0 Å². The summed E-state index contributed by atoms with van der Waals surface area (Å²) in [6.07, 6.45) is 4.31. The van der Waals surface area contributed by atoms with E-state index in [1.165, 1.54) is 23.4 Å². The normalized spacial score (nSPS) is 15.4. The summed E-state index contributed by atoms with van der Waals surface area (Å²) in [7, 11) is 0. The number of benzene rings is 1. The number of hydrogen-bond donors (Lipinski definition) is 1. The van der Waals surface area contributed by atoms with E-state index in [-0.39, 0.29) is 11.9 Å². The van der Waals surface area contributed by atoms with Gasteiger partial charge in [0.15, 0.2) is 0 Å². The molecule has 0 radical (unpaired) electrons. The van der Waals surface area contributed by atoms with Gasteiger partial charge in [-0.15, -0.1) is 0 Å². The maximum Gasteiger partial charge on any atom is 0.409 e. The standard InChI is InChI=1S/C17H22FN5O2/c1-2-25-17(24)22-7-5-14(6-8-22)20-10-13-3-4-16(15(18)9-13)23-12-19-11-21-23/h3-4,9,11-12,14,20H,2,5-8,10H2,1H3. The van der Waals surface area contributed by atoms with Crippen LogP contribution in [0, 0.1) is 5.82 Å². The molecular weight excluding hydrogens is 325 g/mol. The fourth-order valence-electron chi connectivity index (χ4n) is 2.92. The zero-order valence-corrected chi connectivity index (χ0v) is 14.2. The Labute approximate surface area is 145 Å². The van der Waals surface area contributed by atoms with Gasteiger partial charge in [-0.05, 0) is 37.5 Å². The molecule has 134 valence electrons. The summed E-state index contributed by atoms with van der Waals surface area (Å²) in [5.41, 5.74) is 1.25. The number of amides is 1. The van der Waals surface area contributed by atoms with E-state index in [9.17, 15) is 9.18 Å². The number of piperidine rings is 1. The molecule has 0 aliphatic carbocycles. The van der Waals surface area contributed by atoms with Gasteiger partial charge in [-0.3, -0.25) is 0 Å². The Balaban J connectivity index is 1.50. The summed E-state index contributed by atoms with van der Waals surface area (Å²) >= 11 is 0. The molecule has 1 aliphatic heterocycles. The van der Waals surface area contributed by atoms with Gasteiger partial charge in [-0.25, -0.2) is 18.9 Å². The molecule has 0 atom stereocenters. The number of nitrogens with zero attached hydrogens (tertiary/aromatic N) is 4. The second-order valence-electron chi connectivity index (χ2n) is 5.97. The van der Waals surface area contributed by atoms with Gasteiger partial charge >= 0.3 is 6.09 Å². The fraction of sp³-hybridized carbons (Fsp3) is 0.471. The first-order chi connectivity index (χ1) is 12.2. The van der Waals surface area contributed by atoms with Crippen molar-refractivity contribution < 1.29 is 13.9 Å². The predicted octanol–water partition coefficient (Wildman–Crippen LogP) is 2.12. The van der Waals surface area contributed by atoms with Crippen LogP contribution in [0.15, 0.2) is 30.9 Å². The van der Waals surface area contributed by atoms with Crippen molar-refractivity contribution in [3.63, 3.8) is 0 Å². The zero-order valence-electron chi connectivity index (χ0n) is 14.2. The molecule has 2 aromatic rings. The second-order valence-corrected chi connectivity index (χ2v) is 5.97. The van der Waals surface area contributed by atoms with E-state index in [1.54, 1.807) is 17.9 Å². The zero-order chi connectivity index (χ0) is 17.6. The number of aromatic nitrogens is 3. The summed E-state index contributed by atoms with van der Waals surface area (Å²) in [6.45, 7) is 4.14. The van der Waals surface area contributed by atoms with E-state index in [0.29, 0.717) is 38.0 Å². The van der Waals surface area contributed by atoms with Gasteiger partial charge in [0.2, 0.25) is 0 Å². The number of likely N-dealkylation sites (tertiary alicyclic amines) is 1. The second kappa shape index (κ2) is 8.06. The monoisotopic (exact) mass is 347 g/mol. The van der Waals surface area contributed by atoms with Crippen LogP contribution in [-0.2, 0) is 11.3 Å². The number of rotatable bonds is 5. The Morgan fingerprint density at radius 1 is 1.40 bits per heavy atom. The third-order valence-corrected chi connectivity index (χ3v) is 4.29. The summed E-state index contributed by atoms with van der Waals surface area (Å²) in [4.78, 5) is 17.2. The minimum Gasteiger partial charge on any atom is -0.450 e. The fourth-order valence-corrected chi connectivity index (χ4v) is 2.92. The molecule has 1 aromatic heterocycles. The van der Waals surface area contributed by atoms with E-state index in [0.717, 1.165) is 18.4 Å². The Hall–Kier alpha value is -2.48. The van der Waals surface area contributed by atoms with E-state index in [2.05, 4.69) is 15.4 Å². The summed E-state index contributed by atoms with van der Waals surface area (Å²) < 4.78 is 20.6. The first-order valence-electron chi connectivity index (χ1n) is 8.46. The average Bonchev–Trinajstić information content (AvgIpc) is 3.15. The molecule has 0 saturated carbocycles. The Morgan fingerprint density at radius 2 is 2.20 bits per heavy atom. The molecule has 2 heterocycles. The molecule has 8 heteroatoms. The molecule has 25 heavy (non-hydrogen) atoms. The van der Waals surface area contributed by atoms with Crippen LogP contribution in [0.5, 0.6) is 0 Å². The molecular formula is C17H22FN5O2. The van der Waals surface area contributed by atoms with Gasteiger partial charge in [-0.1, -0.05) is 6.07 Å². The van der Waals surface area contributed by atoms with Crippen molar-refractivity contribution in [3.8, 4) is 5.69 Å². The van der Waals surface area contributed by atoms with Gasteiger partial charge in [0.25, 0.3) is 0 Å². The van der Waals surface area contributed by atoms with Gasteiger partial charge < -0.3 is 15.0 Å². The van der Waals surface area contributed by atoms with Crippen molar-refractivity contribution in [3.05, 3.63) is 42.2 Å². The Morgan fingerprint density at radius 3 is 2.84 bits per heavy atom. The lowest BCUT2D eigenvalue weighted by Gasteiger charge is -2.31. The SMILES string of the molecule is CCOC(=O)N1CCC(NCc2ccc(-n3cncn3)c(F)c2)CC1. The lowest BCUT2D eigenvalue weighted by atomic mass is 10.0. The third-order valence-electron chi connectivity index (χ3n) is 4.29. The largest absolute Gasteiger partial charge is 0.450 e. The molecule has 1 aliphatic rings. The van der Waals surface area contributed by atoms with Gasteiger partial charge in [-0.2, -0.15) is 5.10 Å². The predicted molar refractivity (Wildman–Crippen MR) is 89.8 cm³/mol. The van der Waals surface area contributed by atoms with Crippen molar-refractivity contribution in [1.29, 1.82) is 0 Å². The van der Waals surface area contributed by atoms with Crippen LogP contribution in [0.2, 0.25) is 0 Å². The molecule has 7 nitrogen and oxygen atoms in total. The smallest absolute Gasteiger partial charge is 0.409 e.